The third-order valence-corrected chi connectivity index (χ3v) is 5.93. The Balaban J connectivity index is 1.34. The number of methoxy groups -OCH3 is 1. The Hall–Kier alpha value is -2.53. The Morgan fingerprint density at radius 1 is 1.06 bits per heavy atom. The van der Waals surface area contributed by atoms with Gasteiger partial charge in [0.1, 0.15) is 11.5 Å². The van der Waals surface area contributed by atoms with Crippen LogP contribution >= 0.6 is 0 Å². The molecule has 168 valence electrons. The first kappa shape index (κ1) is 23.1. The fourth-order valence-corrected chi connectivity index (χ4v) is 3.95. The summed E-state index contributed by atoms with van der Waals surface area (Å²) in [5.74, 6) is 2.39. The van der Waals surface area contributed by atoms with E-state index >= 15 is 0 Å². The van der Waals surface area contributed by atoms with Gasteiger partial charge in [-0.05, 0) is 93.2 Å². The molecule has 0 aliphatic carbocycles. The van der Waals surface area contributed by atoms with Gasteiger partial charge in [-0.15, -0.1) is 0 Å². The van der Waals surface area contributed by atoms with Crippen molar-refractivity contribution in [3.8, 4) is 11.5 Å². The van der Waals surface area contributed by atoms with E-state index in [0.717, 1.165) is 56.3 Å². The summed E-state index contributed by atoms with van der Waals surface area (Å²) in [7, 11) is 1.67. The molecule has 31 heavy (non-hydrogen) atoms. The first-order chi connectivity index (χ1) is 15.0. The molecule has 1 heterocycles. The number of carbonyl (C=O) groups excluding carboxylic acids is 1. The van der Waals surface area contributed by atoms with Crippen LogP contribution in [0.2, 0.25) is 0 Å². The van der Waals surface area contributed by atoms with Gasteiger partial charge in [-0.3, -0.25) is 4.79 Å². The number of anilines is 1. The highest BCUT2D eigenvalue weighted by molar-refractivity contribution is 5.92. The molecule has 2 aromatic carbocycles. The van der Waals surface area contributed by atoms with Crippen LogP contribution in [0.1, 0.15) is 51.0 Å². The van der Waals surface area contributed by atoms with E-state index in [9.17, 15) is 4.79 Å². The molecule has 1 N–H and O–H groups in total. The molecule has 5 heteroatoms. The lowest BCUT2D eigenvalue weighted by molar-refractivity contribution is -0.118. The Morgan fingerprint density at radius 2 is 1.77 bits per heavy atom. The minimum Gasteiger partial charge on any atom is -0.497 e. The maximum absolute atomic E-state index is 12.0. The van der Waals surface area contributed by atoms with Crippen molar-refractivity contribution in [1.29, 1.82) is 0 Å². The lowest BCUT2D eigenvalue weighted by atomic mass is 9.89. The number of likely N-dealkylation sites (tertiary alicyclic amines) is 1. The molecule has 5 nitrogen and oxygen atoms in total. The summed E-state index contributed by atoms with van der Waals surface area (Å²) in [5, 5.41) is 3.02. The number of benzene rings is 2. The monoisotopic (exact) mass is 424 g/mol. The lowest BCUT2D eigenvalue weighted by Gasteiger charge is -2.32. The van der Waals surface area contributed by atoms with Gasteiger partial charge in [-0.25, -0.2) is 0 Å². The number of nitrogens with one attached hydrogen (secondary N) is 1. The van der Waals surface area contributed by atoms with Gasteiger partial charge in [-0.1, -0.05) is 26.0 Å². The van der Waals surface area contributed by atoms with Crippen LogP contribution in [0, 0.1) is 5.92 Å². The number of unbranched alkanes of at least 4 members (excludes halogenated alkanes) is 1. The molecular formula is C26H36N2O3. The highest BCUT2D eigenvalue weighted by Gasteiger charge is 2.20. The van der Waals surface area contributed by atoms with Crippen molar-refractivity contribution in [2.75, 3.05) is 38.7 Å². The predicted molar refractivity (Wildman–Crippen MR) is 126 cm³/mol. The van der Waals surface area contributed by atoms with Gasteiger partial charge in [0.05, 0.1) is 13.7 Å². The fraction of sp³-hybridized carbons (Fsp3) is 0.500. The molecule has 1 fully saturated rings. The molecule has 0 saturated carbocycles. The molecule has 1 aliphatic rings. The summed E-state index contributed by atoms with van der Waals surface area (Å²) < 4.78 is 11.0. The zero-order valence-electron chi connectivity index (χ0n) is 19.1. The molecular weight excluding hydrogens is 388 g/mol. The summed E-state index contributed by atoms with van der Waals surface area (Å²) in [5.41, 5.74) is 2.25. The molecule has 0 spiro atoms. The number of nitrogens with zero attached hydrogens (tertiary/aromatic N) is 1. The first-order valence-electron chi connectivity index (χ1n) is 11.4. The van der Waals surface area contributed by atoms with E-state index in [1.54, 1.807) is 7.11 Å². The number of piperidine rings is 1. The zero-order chi connectivity index (χ0) is 22.1. The van der Waals surface area contributed by atoms with Crippen molar-refractivity contribution >= 4 is 11.6 Å². The molecule has 1 aliphatic heterocycles. The van der Waals surface area contributed by atoms with E-state index in [2.05, 4.69) is 28.4 Å². The third-order valence-electron chi connectivity index (χ3n) is 5.93. The topological polar surface area (TPSA) is 50.8 Å². The van der Waals surface area contributed by atoms with Crippen LogP contribution in [-0.4, -0.2) is 44.2 Å². The van der Waals surface area contributed by atoms with E-state index in [1.807, 2.05) is 44.2 Å². The van der Waals surface area contributed by atoms with Crippen LogP contribution in [0.15, 0.2) is 48.5 Å². The van der Waals surface area contributed by atoms with Crippen LogP contribution in [0.5, 0.6) is 11.5 Å². The summed E-state index contributed by atoms with van der Waals surface area (Å²) in [6.45, 7) is 7.97. The van der Waals surface area contributed by atoms with Gasteiger partial charge in [0.2, 0.25) is 5.91 Å². The van der Waals surface area contributed by atoms with Crippen molar-refractivity contribution in [1.82, 2.24) is 4.90 Å². The molecule has 1 saturated heterocycles. The van der Waals surface area contributed by atoms with E-state index in [-0.39, 0.29) is 11.8 Å². The van der Waals surface area contributed by atoms with Crippen molar-refractivity contribution in [2.45, 2.75) is 45.4 Å². The fourth-order valence-electron chi connectivity index (χ4n) is 3.95. The van der Waals surface area contributed by atoms with Gasteiger partial charge >= 0.3 is 0 Å². The molecule has 1 amide bonds. The summed E-state index contributed by atoms with van der Waals surface area (Å²) in [6, 6.07) is 16.1. The van der Waals surface area contributed by atoms with Crippen molar-refractivity contribution in [3.05, 3.63) is 54.1 Å². The second-order valence-electron chi connectivity index (χ2n) is 8.62. The average molecular weight is 425 g/mol. The quantitative estimate of drug-likeness (QED) is 0.524. The summed E-state index contributed by atoms with van der Waals surface area (Å²) in [4.78, 5) is 14.5. The van der Waals surface area contributed by atoms with Crippen LogP contribution in [0.25, 0.3) is 0 Å². The smallest absolute Gasteiger partial charge is 0.226 e. The van der Waals surface area contributed by atoms with Crippen LogP contribution in [0.4, 0.5) is 5.69 Å². The van der Waals surface area contributed by atoms with Crippen molar-refractivity contribution in [3.63, 3.8) is 0 Å². The molecule has 0 aromatic heterocycles. The standard InChI is InChI=1S/C26H36N2O3/c1-20(2)26(29)27-23-8-6-7-22(19-23)21-13-16-28(17-14-21)15-4-5-18-31-25-11-9-24(30-3)10-12-25/h6-12,19-21H,4-5,13-18H2,1-3H3,(H,27,29). The van der Waals surface area contributed by atoms with Gasteiger partial charge in [0.25, 0.3) is 0 Å². The first-order valence-corrected chi connectivity index (χ1v) is 11.4. The Morgan fingerprint density at radius 3 is 2.45 bits per heavy atom. The second-order valence-corrected chi connectivity index (χ2v) is 8.62. The van der Waals surface area contributed by atoms with E-state index in [4.69, 9.17) is 9.47 Å². The van der Waals surface area contributed by atoms with Gasteiger partial charge in [0.15, 0.2) is 0 Å². The maximum atomic E-state index is 12.0. The predicted octanol–water partition coefficient (Wildman–Crippen LogP) is 5.33. The van der Waals surface area contributed by atoms with Crippen molar-refractivity contribution < 1.29 is 14.3 Å². The van der Waals surface area contributed by atoms with E-state index in [0.29, 0.717) is 5.92 Å². The van der Waals surface area contributed by atoms with E-state index in [1.165, 1.54) is 18.4 Å². The number of ether oxygens (including phenoxy) is 2. The van der Waals surface area contributed by atoms with Crippen LogP contribution in [0.3, 0.4) is 0 Å². The summed E-state index contributed by atoms with van der Waals surface area (Å²) in [6.07, 6.45) is 4.55. The van der Waals surface area contributed by atoms with Crippen LogP contribution < -0.4 is 14.8 Å². The Kier molecular flexibility index (Phi) is 8.77. The van der Waals surface area contributed by atoms with Gasteiger partial charge in [-0.2, -0.15) is 0 Å². The highest BCUT2D eigenvalue weighted by atomic mass is 16.5. The zero-order valence-corrected chi connectivity index (χ0v) is 19.1. The molecule has 0 atom stereocenters. The third kappa shape index (κ3) is 7.28. The normalized spacial score (nSPS) is 15.1. The minimum atomic E-state index is -0.00602. The number of rotatable bonds is 10. The summed E-state index contributed by atoms with van der Waals surface area (Å²) >= 11 is 0. The van der Waals surface area contributed by atoms with E-state index < -0.39 is 0 Å². The average Bonchev–Trinajstić information content (AvgIpc) is 2.80. The van der Waals surface area contributed by atoms with Crippen molar-refractivity contribution in [2.24, 2.45) is 5.92 Å². The SMILES string of the molecule is COc1ccc(OCCCCN2CCC(c3cccc(NC(=O)C(C)C)c3)CC2)cc1. The Bertz CT molecular complexity index is 812. The molecule has 0 bridgehead atoms. The number of amides is 1. The van der Waals surface area contributed by atoms with Crippen LogP contribution in [-0.2, 0) is 4.79 Å². The second kappa shape index (κ2) is 11.8. The van der Waals surface area contributed by atoms with Gasteiger partial charge in [0, 0.05) is 11.6 Å². The maximum Gasteiger partial charge on any atom is 0.226 e. The number of hydrogen-bond acceptors (Lipinski definition) is 4. The molecule has 3 rings (SSSR count). The molecule has 2 aromatic rings. The molecule has 0 radical (unpaired) electrons. The Labute approximate surface area is 186 Å². The lowest BCUT2D eigenvalue weighted by Crippen LogP contribution is -2.33. The number of carbonyl (C=O) groups is 1. The minimum absolute atomic E-state index is 0.00602. The van der Waals surface area contributed by atoms with Gasteiger partial charge < -0.3 is 19.7 Å². The largest absolute Gasteiger partial charge is 0.497 e. The number of hydrogen-bond donors (Lipinski definition) is 1. The molecule has 0 unspecified atom stereocenters. The highest BCUT2D eigenvalue weighted by Crippen LogP contribution is 2.29.